The van der Waals surface area contributed by atoms with Gasteiger partial charge in [-0.1, -0.05) is 6.07 Å². The molecule has 2 rings (SSSR count). The maximum absolute atomic E-state index is 4.10. The van der Waals surface area contributed by atoms with Crippen molar-refractivity contribution in [2.24, 2.45) is 0 Å². The highest BCUT2D eigenvalue weighted by atomic mass is 32.1. The van der Waals surface area contributed by atoms with E-state index >= 15 is 0 Å². The van der Waals surface area contributed by atoms with Gasteiger partial charge in [0.2, 0.25) is 0 Å². The Kier molecular flexibility index (Phi) is 3.42. The fourth-order valence-corrected chi connectivity index (χ4v) is 1.88. The number of aromatic nitrogens is 2. The van der Waals surface area contributed by atoms with Crippen LogP contribution in [-0.2, 0) is 6.54 Å². The average molecular weight is 219 g/mol. The summed E-state index contributed by atoms with van der Waals surface area (Å²) in [6.45, 7) is 3.00. The SMILES string of the molecule is C[C@@H](NCc1cncs1)c1cccnc1. The smallest absolute Gasteiger partial charge is 0.0794 e. The molecule has 0 unspecified atom stereocenters. The molecule has 1 N–H and O–H groups in total. The lowest BCUT2D eigenvalue weighted by molar-refractivity contribution is 0.577. The third-order valence-electron chi connectivity index (χ3n) is 2.25. The van der Waals surface area contributed by atoms with Gasteiger partial charge in [0.25, 0.3) is 0 Å². The highest BCUT2D eigenvalue weighted by Crippen LogP contribution is 2.12. The van der Waals surface area contributed by atoms with Gasteiger partial charge in [0.05, 0.1) is 5.51 Å². The average Bonchev–Trinajstić information content (AvgIpc) is 2.80. The minimum atomic E-state index is 0.320. The predicted octanol–water partition coefficient (Wildman–Crippen LogP) is 2.39. The van der Waals surface area contributed by atoms with Crippen molar-refractivity contribution in [2.45, 2.75) is 19.5 Å². The Morgan fingerprint density at radius 1 is 1.40 bits per heavy atom. The second-order valence-corrected chi connectivity index (χ2v) is 4.33. The number of nitrogens with one attached hydrogen (secondary N) is 1. The highest BCUT2D eigenvalue weighted by molar-refractivity contribution is 7.09. The largest absolute Gasteiger partial charge is 0.305 e. The number of hydrogen-bond acceptors (Lipinski definition) is 4. The van der Waals surface area contributed by atoms with Gasteiger partial charge in [0.15, 0.2) is 0 Å². The van der Waals surface area contributed by atoms with E-state index in [2.05, 4.69) is 28.3 Å². The van der Waals surface area contributed by atoms with Gasteiger partial charge in [0, 0.05) is 36.1 Å². The zero-order valence-electron chi connectivity index (χ0n) is 8.55. The van der Waals surface area contributed by atoms with Gasteiger partial charge >= 0.3 is 0 Å². The first kappa shape index (κ1) is 10.3. The van der Waals surface area contributed by atoms with Gasteiger partial charge < -0.3 is 5.32 Å². The van der Waals surface area contributed by atoms with Gasteiger partial charge in [-0.3, -0.25) is 9.97 Å². The summed E-state index contributed by atoms with van der Waals surface area (Å²) in [6.07, 6.45) is 5.58. The highest BCUT2D eigenvalue weighted by Gasteiger charge is 2.04. The molecule has 0 aliphatic carbocycles. The maximum Gasteiger partial charge on any atom is 0.0794 e. The van der Waals surface area contributed by atoms with Crippen molar-refractivity contribution < 1.29 is 0 Å². The van der Waals surface area contributed by atoms with Crippen molar-refractivity contribution in [3.63, 3.8) is 0 Å². The number of thiazole rings is 1. The van der Waals surface area contributed by atoms with E-state index in [-0.39, 0.29) is 0 Å². The minimum absolute atomic E-state index is 0.320. The van der Waals surface area contributed by atoms with E-state index in [4.69, 9.17) is 0 Å². The normalized spacial score (nSPS) is 12.6. The molecule has 0 bridgehead atoms. The first-order valence-electron chi connectivity index (χ1n) is 4.87. The van der Waals surface area contributed by atoms with Crippen molar-refractivity contribution in [2.75, 3.05) is 0 Å². The van der Waals surface area contributed by atoms with Crippen LogP contribution in [0.3, 0.4) is 0 Å². The van der Waals surface area contributed by atoms with E-state index in [1.165, 1.54) is 10.4 Å². The monoisotopic (exact) mass is 219 g/mol. The molecule has 15 heavy (non-hydrogen) atoms. The lowest BCUT2D eigenvalue weighted by Crippen LogP contribution is -2.17. The number of nitrogens with zero attached hydrogens (tertiary/aromatic N) is 2. The Morgan fingerprint density at radius 2 is 2.33 bits per heavy atom. The second-order valence-electron chi connectivity index (χ2n) is 3.36. The lowest BCUT2D eigenvalue weighted by Gasteiger charge is -2.12. The summed E-state index contributed by atoms with van der Waals surface area (Å²) in [7, 11) is 0. The van der Waals surface area contributed by atoms with Crippen molar-refractivity contribution >= 4 is 11.3 Å². The zero-order chi connectivity index (χ0) is 10.5. The molecule has 0 aliphatic rings. The summed E-state index contributed by atoms with van der Waals surface area (Å²) in [5.74, 6) is 0. The molecule has 78 valence electrons. The summed E-state index contributed by atoms with van der Waals surface area (Å²) >= 11 is 1.67. The van der Waals surface area contributed by atoms with Crippen molar-refractivity contribution in [3.05, 3.63) is 46.7 Å². The molecule has 0 saturated carbocycles. The van der Waals surface area contributed by atoms with Crippen LogP contribution in [0.4, 0.5) is 0 Å². The van der Waals surface area contributed by atoms with E-state index in [0.717, 1.165) is 6.54 Å². The Bertz CT molecular complexity index is 385. The fraction of sp³-hybridized carbons (Fsp3) is 0.273. The van der Waals surface area contributed by atoms with Crippen LogP contribution in [-0.4, -0.2) is 9.97 Å². The number of pyridine rings is 1. The molecular weight excluding hydrogens is 206 g/mol. The van der Waals surface area contributed by atoms with Crippen LogP contribution in [0.25, 0.3) is 0 Å². The van der Waals surface area contributed by atoms with E-state index in [0.29, 0.717) is 6.04 Å². The van der Waals surface area contributed by atoms with Gasteiger partial charge in [0.1, 0.15) is 0 Å². The molecule has 2 aromatic rings. The van der Waals surface area contributed by atoms with Crippen LogP contribution in [0.2, 0.25) is 0 Å². The summed E-state index contributed by atoms with van der Waals surface area (Å²) in [5.41, 5.74) is 3.06. The Labute approximate surface area is 93.2 Å². The second kappa shape index (κ2) is 5.00. The van der Waals surface area contributed by atoms with Crippen LogP contribution < -0.4 is 5.32 Å². The summed E-state index contributed by atoms with van der Waals surface area (Å²) in [4.78, 5) is 9.40. The number of hydrogen-bond donors (Lipinski definition) is 1. The topological polar surface area (TPSA) is 37.8 Å². The van der Waals surface area contributed by atoms with E-state index in [9.17, 15) is 0 Å². The summed E-state index contributed by atoms with van der Waals surface area (Å²) < 4.78 is 0. The molecule has 0 radical (unpaired) electrons. The van der Waals surface area contributed by atoms with Crippen LogP contribution in [0.5, 0.6) is 0 Å². The van der Waals surface area contributed by atoms with Gasteiger partial charge in [-0.05, 0) is 18.6 Å². The zero-order valence-corrected chi connectivity index (χ0v) is 9.37. The first-order valence-corrected chi connectivity index (χ1v) is 5.75. The molecule has 1 atom stereocenters. The molecule has 0 saturated heterocycles. The molecular formula is C11H13N3S. The molecule has 0 spiro atoms. The third kappa shape index (κ3) is 2.84. The van der Waals surface area contributed by atoms with Crippen molar-refractivity contribution in [1.82, 2.24) is 15.3 Å². The minimum Gasteiger partial charge on any atom is -0.305 e. The lowest BCUT2D eigenvalue weighted by atomic mass is 10.1. The maximum atomic E-state index is 4.10. The third-order valence-corrected chi connectivity index (χ3v) is 3.03. The van der Waals surface area contributed by atoms with E-state index < -0.39 is 0 Å². The molecule has 4 heteroatoms. The first-order chi connectivity index (χ1) is 7.36. The van der Waals surface area contributed by atoms with Crippen molar-refractivity contribution in [1.29, 1.82) is 0 Å². The van der Waals surface area contributed by atoms with E-state index in [1.54, 1.807) is 17.5 Å². The van der Waals surface area contributed by atoms with Gasteiger partial charge in [-0.25, -0.2) is 0 Å². The van der Waals surface area contributed by atoms with Crippen LogP contribution >= 0.6 is 11.3 Å². The predicted molar refractivity (Wildman–Crippen MR) is 61.6 cm³/mol. The molecule has 0 amide bonds. The van der Waals surface area contributed by atoms with Crippen molar-refractivity contribution in [3.8, 4) is 0 Å². The van der Waals surface area contributed by atoms with E-state index in [1.807, 2.05) is 24.0 Å². The Hall–Kier alpha value is -1.26. The summed E-state index contributed by atoms with van der Waals surface area (Å²) in [6, 6.07) is 4.36. The molecule has 3 nitrogen and oxygen atoms in total. The molecule has 2 aromatic heterocycles. The van der Waals surface area contributed by atoms with Crippen LogP contribution in [0.15, 0.2) is 36.2 Å². The van der Waals surface area contributed by atoms with Crippen LogP contribution in [0, 0.1) is 0 Å². The molecule has 0 aliphatic heterocycles. The standard InChI is InChI=1S/C11H13N3S/c1-9(10-3-2-4-12-5-10)14-7-11-6-13-8-15-11/h2-6,8-9,14H,7H2,1H3/t9-/m1/s1. The molecule has 0 fully saturated rings. The van der Waals surface area contributed by atoms with Crippen LogP contribution in [0.1, 0.15) is 23.4 Å². The number of rotatable bonds is 4. The molecule has 2 heterocycles. The Balaban J connectivity index is 1.90. The quantitative estimate of drug-likeness (QED) is 0.858. The molecule has 0 aromatic carbocycles. The van der Waals surface area contributed by atoms with Gasteiger partial charge in [-0.2, -0.15) is 0 Å². The summed E-state index contributed by atoms with van der Waals surface area (Å²) in [5, 5.41) is 3.43. The fourth-order valence-electron chi connectivity index (χ4n) is 1.33. The van der Waals surface area contributed by atoms with Gasteiger partial charge in [-0.15, -0.1) is 11.3 Å². The Morgan fingerprint density at radius 3 is 3.00 bits per heavy atom.